The van der Waals surface area contributed by atoms with Crippen molar-refractivity contribution in [2.24, 2.45) is 34.5 Å². The molecular weight excluding hydrogens is 431 g/mol. The van der Waals surface area contributed by atoms with Gasteiger partial charge in [0, 0.05) is 9.75 Å². The lowest BCUT2D eigenvalue weighted by Crippen LogP contribution is -2.40. The molecule has 0 amide bonds. The molecule has 0 aliphatic heterocycles. The van der Waals surface area contributed by atoms with E-state index in [1.165, 1.54) is 75.4 Å². The Balaban J connectivity index is 0.000000181. The molecule has 2 heteroatoms. The van der Waals surface area contributed by atoms with Crippen molar-refractivity contribution < 1.29 is 0 Å². The highest BCUT2D eigenvalue weighted by atomic mass is 35.5. The molecule has 4 aliphatic carbocycles. The lowest BCUT2D eigenvalue weighted by molar-refractivity contribution is 0.0961. The van der Waals surface area contributed by atoms with Crippen molar-refractivity contribution in [3.63, 3.8) is 0 Å². The molecule has 4 fully saturated rings. The molecular formula is C30H50Cl2. The van der Waals surface area contributed by atoms with Gasteiger partial charge in [0.1, 0.15) is 0 Å². The van der Waals surface area contributed by atoms with Crippen LogP contribution in [0.1, 0.15) is 119 Å². The normalized spacial score (nSPS) is 43.6. The van der Waals surface area contributed by atoms with E-state index in [0.717, 1.165) is 36.5 Å². The summed E-state index contributed by atoms with van der Waals surface area (Å²) < 4.78 is 0. The Kier molecular flexibility index (Phi) is 8.00. The summed E-state index contributed by atoms with van der Waals surface area (Å²) in [6, 6.07) is 0. The van der Waals surface area contributed by atoms with Gasteiger partial charge in [-0.2, -0.15) is 0 Å². The minimum absolute atomic E-state index is 0.0308. The average molecular weight is 482 g/mol. The van der Waals surface area contributed by atoms with Gasteiger partial charge in [0.2, 0.25) is 0 Å². The molecule has 0 N–H and O–H groups in total. The summed E-state index contributed by atoms with van der Waals surface area (Å²) >= 11 is 13.2. The number of hydrogen-bond donors (Lipinski definition) is 0. The number of allylic oxidation sites excluding steroid dienone is 2. The maximum absolute atomic E-state index is 6.59. The molecule has 0 saturated heterocycles. The Hall–Kier alpha value is 0.0600. The molecule has 0 heterocycles. The fourth-order valence-corrected chi connectivity index (χ4v) is 8.17. The van der Waals surface area contributed by atoms with Crippen LogP contribution < -0.4 is 0 Å². The van der Waals surface area contributed by atoms with E-state index in [-0.39, 0.29) is 9.75 Å². The van der Waals surface area contributed by atoms with Crippen molar-refractivity contribution in [2.75, 3.05) is 0 Å². The van der Waals surface area contributed by atoms with E-state index >= 15 is 0 Å². The minimum Gasteiger partial charge on any atom is -0.120 e. The second-order valence-electron chi connectivity index (χ2n) is 13.7. The van der Waals surface area contributed by atoms with E-state index in [1.54, 1.807) is 0 Å². The lowest BCUT2D eigenvalue weighted by Gasteiger charge is -2.46. The van der Waals surface area contributed by atoms with Crippen LogP contribution in [0.15, 0.2) is 24.3 Å². The number of fused-ring (bicyclic) bond motifs is 2. The molecule has 0 radical (unpaired) electrons. The van der Waals surface area contributed by atoms with E-state index in [2.05, 4.69) is 54.7 Å². The third-order valence-electron chi connectivity index (χ3n) is 9.91. The zero-order chi connectivity index (χ0) is 23.9. The predicted octanol–water partition coefficient (Wildman–Crippen LogP) is 10.3. The van der Waals surface area contributed by atoms with E-state index in [4.69, 9.17) is 23.2 Å². The van der Waals surface area contributed by atoms with Gasteiger partial charge in [0.05, 0.1) is 0 Å². The van der Waals surface area contributed by atoms with E-state index in [0.29, 0.717) is 10.8 Å². The van der Waals surface area contributed by atoms with Crippen molar-refractivity contribution >= 4 is 23.2 Å². The van der Waals surface area contributed by atoms with Gasteiger partial charge in [-0.3, -0.25) is 0 Å². The Labute approximate surface area is 210 Å². The summed E-state index contributed by atoms with van der Waals surface area (Å²) in [7, 11) is 0. The van der Waals surface area contributed by atoms with Crippen LogP contribution in [-0.2, 0) is 0 Å². The van der Waals surface area contributed by atoms with Crippen molar-refractivity contribution in [3.8, 4) is 0 Å². The Morgan fingerprint density at radius 1 is 0.625 bits per heavy atom. The summed E-state index contributed by atoms with van der Waals surface area (Å²) in [4.78, 5) is 0.0616. The second kappa shape index (κ2) is 9.60. The maximum Gasteiger partial charge on any atom is 0.0422 e. The quantitative estimate of drug-likeness (QED) is 0.238. The first-order valence-corrected chi connectivity index (χ1v) is 14.1. The SMILES string of the molecule is C=C1CCCC(C)(C)[C@H]2C[C@](C)(Cl)CC[C@H]12.C=C1CCCC(C)(C)[C@H]2C[C@](C)(Cl)CC[C@H]12. The first kappa shape index (κ1) is 26.7. The largest absolute Gasteiger partial charge is 0.120 e. The third-order valence-corrected chi connectivity index (χ3v) is 10.6. The first-order valence-electron chi connectivity index (χ1n) is 13.4. The van der Waals surface area contributed by atoms with Crippen molar-refractivity contribution in [3.05, 3.63) is 24.3 Å². The van der Waals surface area contributed by atoms with Gasteiger partial charge in [-0.05, 0) is 125 Å². The summed E-state index contributed by atoms with van der Waals surface area (Å²) in [6.07, 6.45) is 15.0. The van der Waals surface area contributed by atoms with Crippen molar-refractivity contribution in [1.29, 1.82) is 0 Å². The molecule has 32 heavy (non-hydrogen) atoms. The molecule has 0 spiro atoms. The van der Waals surface area contributed by atoms with E-state index in [9.17, 15) is 0 Å². The zero-order valence-corrected chi connectivity index (χ0v) is 23.5. The van der Waals surface area contributed by atoms with Crippen LogP contribution in [-0.4, -0.2) is 9.75 Å². The molecule has 0 bridgehead atoms. The second-order valence-corrected chi connectivity index (χ2v) is 15.6. The summed E-state index contributed by atoms with van der Waals surface area (Å²) in [5.74, 6) is 2.98. The van der Waals surface area contributed by atoms with Gasteiger partial charge >= 0.3 is 0 Å². The first-order chi connectivity index (χ1) is 14.6. The van der Waals surface area contributed by atoms with E-state index in [1.807, 2.05) is 0 Å². The predicted molar refractivity (Wildman–Crippen MR) is 144 cm³/mol. The van der Waals surface area contributed by atoms with Gasteiger partial charge in [-0.1, -0.05) is 52.0 Å². The highest BCUT2D eigenvalue weighted by Gasteiger charge is 2.46. The Bertz CT molecular complexity index is 636. The molecule has 4 saturated carbocycles. The topological polar surface area (TPSA) is 0 Å². The molecule has 0 aromatic heterocycles. The minimum atomic E-state index is 0.0308. The third kappa shape index (κ3) is 6.19. The monoisotopic (exact) mass is 480 g/mol. The van der Waals surface area contributed by atoms with Gasteiger partial charge in [-0.15, -0.1) is 23.2 Å². The molecule has 6 atom stereocenters. The van der Waals surface area contributed by atoms with Crippen LogP contribution in [0, 0.1) is 34.5 Å². The highest BCUT2D eigenvalue weighted by molar-refractivity contribution is 6.24. The summed E-state index contributed by atoms with van der Waals surface area (Å²) in [6.45, 7) is 22.8. The van der Waals surface area contributed by atoms with Crippen LogP contribution in [0.2, 0.25) is 0 Å². The van der Waals surface area contributed by atoms with Crippen molar-refractivity contribution in [1.82, 2.24) is 0 Å². The van der Waals surface area contributed by atoms with Crippen LogP contribution in [0.4, 0.5) is 0 Å². The molecule has 0 unspecified atom stereocenters. The summed E-state index contributed by atoms with van der Waals surface area (Å²) in [5, 5.41) is 0. The van der Waals surface area contributed by atoms with Gasteiger partial charge < -0.3 is 0 Å². The van der Waals surface area contributed by atoms with Crippen LogP contribution in [0.3, 0.4) is 0 Å². The standard InChI is InChI=1S/2C15H25Cl/c2*1-11-6-5-8-14(2,3)13-10-15(4,16)9-7-12(11)13/h2*12-13H,1,5-10H2,2-4H3/t2*12-,13+,15-/m11/s1. The zero-order valence-electron chi connectivity index (χ0n) is 22.0. The van der Waals surface area contributed by atoms with Crippen LogP contribution in [0.25, 0.3) is 0 Å². The average Bonchev–Trinajstić information content (AvgIpc) is 2.83. The lowest BCUT2D eigenvalue weighted by atomic mass is 9.61. The van der Waals surface area contributed by atoms with Gasteiger partial charge in [0.15, 0.2) is 0 Å². The molecule has 184 valence electrons. The number of rotatable bonds is 0. The van der Waals surface area contributed by atoms with Gasteiger partial charge in [-0.25, -0.2) is 0 Å². The smallest absolute Gasteiger partial charge is 0.0422 e. The molecule has 4 aliphatic rings. The fraction of sp³-hybridized carbons (Fsp3) is 0.867. The van der Waals surface area contributed by atoms with Crippen LogP contribution in [0.5, 0.6) is 0 Å². The number of hydrogen-bond acceptors (Lipinski definition) is 0. The molecule has 0 nitrogen and oxygen atoms in total. The Morgan fingerprint density at radius 3 is 1.31 bits per heavy atom. The summed E-state index contributed by atoms with van der Waals surface area (Å²) in [5.41, 5.74) is 3.90. The number of alkyl halides is 2. The molecule has 4 rings (SSSR count). The maximum atomic E-state index is 6.59. The molecule has 0 aromatic rings. The van der Waals surface area contributed by atoms with E-state index < -0.39 is 0 Å². The number of halogens is 2. The van der Waals surface area contributed by atoms with Crippen molar-refractivity contribution in [2.45, 2.75) is 128 Å². The fourth-order valence-electron chi connectivity index (χ4n) is 7.62. The molecule has 0 aromatic carbocycles. The van der Waals surface area contributed by atoms with Crippen LogP contribution >= 0.6 is 23.2 Å². The van der Waals surface area contributed by atoms with Gasteiger partial charge in [0.25, 0.3) is 0 Å². The highest BCUT2D eigenvalue weighted by Crippen LogP contribution is 2.55. The Morgan fingerprint density at radius 2 is 0.969 bits per heavy atom.